The van der Waals surface area contributed by atoms with Gasteiger partial charge >= 0.3 is 12.4 Å². The van der Waals surface area contributed by atoms with Gasteiger partial charge in [0, 0.05) is 18.0 Å². The summed E-state index contributed by atoms with van der Waals surface area (Å²) in [7, 11) is 0. The summed E-state index contributed by atoms with van der Waals surface area (Å²) in [6, 6.07) is 3.16. The van der Waals surface area contributed by atoms with Gasteiger partial charge in [0.2, 0.25) is 0 Å². The van der Waals surface area contributed by atoms with Gasteiger partial charge in [0.15, 0.2) is 0 Å². The van der Waals surface area contributed by atoms with Crippen molar-refractivity contribution in [2.75, 3.05) is 0 Å². The van der Waals surface area contributed by atoms with Crippen LogP contribution >= 0.6 is 31.9 Å². The molecule has 0 radical (unpaired) electrons. The van der Waals surface area contributed by atoms with E-state index in [-0.39, 0.29) is 5.82 Å². The zero-order chi connectivity index (χ0) is 18.5. The van der Waals surface area contributed by atoms with Crippen molar-refractivity contribution in [1.29, 1.82) is 0 Å². The molecule has 132 valence electrons. The number of nitrogens with one attached hydrogen (secondary N) is 1. The van der Waals surface area contributed by atoms with Crippen LogP contribution in [0.2, 0.25) is 0 Å². The fourth-order valence-corrected chi connectivity index (χ4v) is 1.76. The number of H-pyrrole nitrogens is 1. The second kappa shape index (κ2) is 8.10. The Morgan fingerprint density at radius 2 is 1.62 bits per heavy atom. The lowest BCUT2D eigenvalue weighted by atomic mass is 10.2. The van der Waals surface area contributed by atoms with Gasteiger partial charge in [0.05, 0.1) is 6.20 Å². The van der Waals surface area contributed by atoms with Crippen LogP contribution in [-0.2, 0) is 11.0 Å². The van der Waals surface area contributed by atoms with Crippen molar-refractivity contribution in [3.05, 3.63) is 36.4 Å². The Labute approximate surface area is 147 Å². The van der Waals surface area contributed by atoms with E-state index in [2.05, 4.69) is 46.8 Å². The third kappa shape index (κ3) is 6.23. The number of Topliss-reactive ketones (excluding diaryl/α,β-unsaturated/α-hetero) is 1. The average molecular weight is 483 g/mol. The number of pyridine rings is 1. The number of hydrogen-bond acceptors (Lipinski definition) is 3. The van der Waals surface area contributed by atoms with Crippen molar-refractivity contribution < 1.29 is 31.1 Å². The fraction of sp³-hybridized carbons (Fsp3) is 0.250. The Morgan fingerprint density at radius 1 is 1.08 bits per heavy atom. The van der Waals surface area contributed by atoms with Gasteiger partial charge in [0.25, 0.3) is 5.78 Å². The van der Waals surface area contributed by atoms with Gasteiger partial charge in [-0.25, -0.2) is 4.98 Å². The van der Waals surface area contributed by atoms with Crippen molar-refractivity contribution in [1.82, 2.24) is 15.0 Å². The summed E-state index contributed by atoms with van der Waals surface area (Å²) < 4.78 is 69.2. The predicted octanol–water partition coefficient (Wildman–Crippen LogP) is 4.72. The molecule has 0 saturated heterocycles. The van der Waals surface area contributed by atoms with E-state index in [1.165, 1.54) is 12.4 Å². The molecule has 0 aliphatic carbocycles. The first-order valence-electron chi connectivity index (χ1n) is 5.84. The van der Waals surface area contributed by atoms with Crippen LogP contribution in [0.15, 0.2) is 30.7 Å². The molecule has 2 aromatic heterocycles. The van der Waals surface area contributed by atoms with Crippen LogP contribution in [0.4, 0.5) is 26.3 Å². The Hall–Kier alpha value is -1.43. The highest BCUT2D eigenvalue weighted by molar-refractivity contribution is 9.25. The highest BCUT2D eigenvalue weighted by Crippen LogP contribution is 2.29. The molecule has 0 spiro atoms. The van der Waals surface area contributed by atoms with Crippen LogP contribution in [-0.4, -0.2) is 30.6 Å². The third-order valence-electron chi connectivity index (χ3n) is 2.31. The van der Waals surface area contributed by atoms with Crippen LogP contribution < -0.4 is 0 Å². The highest BCUT2D eigenvalue weighted by Gasteiger charge is 2.41. The second-order valence-electron chi connectivity index (χ2n) is 4.04. The Balaban J connectivity index is 0.000000277. The Kier molecular flexibility index (Phi) is 6.96. The highest BCUT2D eigenvalue weighted by atomic mass is 79.9. The number of rotatable bonds is 2. The molecular formula is C12H7Br2F6N3O. The molecule has 0 atom stereocenters. The predicted molar refractivity (Wildman–Crippen MR) is 79.5 cm³/mol. The first-order chi connectivity index (χ1) is 10.9. The van der Waals surface area contributed by atoms with Gasteiger partial charge in [-0.05, 0) is 12.1 Å². The number of carbonyl (C=O) groups is 1. The number of aromatic amines is 1. The second-order valence-corrected chi connectivity index (χ2v) is 7.10. The van der Waals surface area contributed by atoms with E-state index < -0.39 is 27.6 Å². The molecule has 0 saturated carbocycles. The average Bonchev–Trinajstić information content (AvgIpc) is 2.97. The molecule has 0 aliphatic heterocycles. The van der Waals surface area contributed by atoms with Crippen LogP contribution in [0, 0.1) is 0 Å². The lowest BCUT2D eigenvalue weighted by molar-refractivity contribution is -0.168. The maximum Gasteiger partial charge on any atom is 0.452 e. The van der Waals surface area contributed by atoms with Gasteiger partial charge < -0.3 is 4.98 Å². The number of carbonyl (C=O) groups excluding carboxylic acids is 1. The first-order valence-corrected chi connectivity index (χ1v) is 7.68. The van der Waals surface area contributed by atoms with E-state index in [0.717, 1.165) is 6.20 Å². The van der Waals surface area contributed by atoms with E-state index in [9.17, 15) is 31.1 Å². The quantitative estimate of drug-likeness (QED) is 0.497. The number of aromatic nitrogens is 3. The van der Waals surface area contributed by atoms with E-state index in [1.807, 2.05) is 0 Å². The number of nitrogens with zero attached hydrogens (tertiary/aromatic N) is 2. The molecule has 0 bridgehead atoms. The standard InChI is InChI=1S/C9H6F3N3.C3HBr2F3O/c10-9(11,12)7-5-14-8(15-7)6-1-3-13-4-2-6;4-2(5)1(9)3(6,7)8/h1-5H,(H,14,15);2H. The maximum atomic E-state index is 12.2. The zero-order valence-corrected chi connectivity index (χ0v) is 14.5. The van der Waals surface area contributed by atoms with Gasteiger partial charge in [-0.2, -0.15) is 26.3 Å². The lowest BCUT2D eigenvalue weighted by Crippen LogP contribution is -2.27. The fourth-order valence-electron chi connectivity index (χ4n) is 1.25. The minimum Gasteiger partial charge on any atom is -0.334 e. The van der Waals surface area contributed by atoms with Crippen molar-refractivity contribution in [2.45, 2.75) is 16.1 Å². The molecule has 0 aliphatic rings. The summed E-state index contributed by atoms with van der Waals surface area (Å²) in [5, 5.41) is 0. The van der Waals surface area contributed by atoms with Crippen molar-refractivity contribution in [2.24, 2.45) is 0 Å². The monoisotopic (exact) mass is 481 g/mol. The molecule has 0 amide bonds. The SMILES string of the molecule is FC(F)(F)c1cnc(-c2ccncc2)[nH]1.O=C(C(Br)Br)C(F)(F)F. The molecule has 12 heteroatoms. The van der Waals surface area contributed by atoms with Crippen molar-refractivity contribution in [3.63, 3.8) is 0 Å². The van der Waals surface area contributed by atoms with E-state index >= 15 is 0 Å². The summed E-state index contributed by atoms with van der Waals surface area (Å²) in [4.78, 5) is 19.6. The molecule has 1 N–H and O–H groups in total. The number of imidazole rings is 1. The lowest BCUT2D eigenvalue weighted by Gasteiger charge is -2.03. The normalized spacial score (nSPS) is 11.9. The van der Waals surface area contributed by atoms with Crippen LogP contribution in [0.5, 0.6) is 0 Å². The summed E-state index contributed by atoms with van der Waals surface area (Å²) >= 11 is 4.85. The van der Waals surface area contributed by atoms with E-state index in [1.54, 1.807) is 12.1 Å². The van der Waals surface area contributed by atoms with Crippen LogP contribution in [0.1, 0.15) is 5.69 Å². The Bertz CT molecular complexity index is 669. The third-order valence-corrected chi connectivity index (χ3v) is 3.14. The summed E-state index contributed by atoms with van der Waals surface area (Å²) in [5.74, 6) is -1.65. The molecule has 0 aromatic carbocycles. The van der Waals surface area contributed by atoms with Crippen molar-refractivity contribution in [3.8, 4) is 11.4 Å². The molecule has 4 nitrogen and oxygen atoms in total. The summed E-state index contributed by atoms with van der Waals surface area (Å²) in [6.45, 7) is 0. The minimum absolute atomic E-state index is 0.185. The van der Waals surface area contributed by atoms with E-state index in [0.29, 0.717) is 5.56 Å². The van der Waals surface area contributed by atoms with Crippen LogP contribution in [0.25, 0.3) is 11.4 Å². The molecule has 2 heterocycles. The number of halogens is 8. The van der Waals surface area contributed by atoms with Crippen molar-refractivity contribution >= 4 is 37.6 Å². The largest absolute Gasteiger partial charge is 0.452 e. The molecular weight excluding hydrogens is 476 g/mol. The van der Waals surface area contributed by atoms with Crippen LogP contribution in [0.3, 0.4) is 0 Å². The van der Waals surface area contributed by atoms with Gasteiger partial charge in [0.1, 0.15) is 15.3 Å². The molecule has 2 aromatic rings. The first kappa shape index (κ1) is 20.6. The number of hydrogen-bond donors (Lipinski definition) is 1. The summed E-state index contributed by atoms with van der Waals surface area (Å²) in [6.07, 6.45) is -5.39. The minimum atomic E-state index is -4.75. The topological polar surface area (TPSA) is 58.6 Å². The van der Waals surface area contributed by atoms with Gasteiger partial charge in [-0.3, -0.25) is 9.78 Å². The number of ketones is 1. The molecule has 24 heavy (non-hydrogen) atoms. The smallest absolute Gasteiger partial charge is 0.334 e. The number of alkyl halides is 8. The van der Waals surface area contributed by atoms with Gasteiger partial charge in [-0.15, -0.1) is 0 Å². The molecule has 0 unspecified atom stereocenters. The zero-order valence-electron chi connectivity index (χ0n) is 11.3. The molecule has 0 fully saturated rings. The van der Waals surface area contributed by atoms with E-state index in [4.69, 9.17) is 0 Å². The Morgan fingerprint density at radius 3 is 1.96 bits per heavy atom. The van der Waals surface area contributed by atoms with Gasteiger partial charge in [-0.1, -0.05) is 31.9 Å². The summed E-state index contributed by atoms with van der Waals surface area (Å²) in [5.41, 5.74) is -0.283. The maximum absolute atomic E-state index is 12.2. The molecule has 2 rings (SSSR count).